The first-order valence-electron chi connectivity index (χ1n) is 8.43. The standard InChI is InChI=1S/C20H25N3O2/c1-5-23(6-2)17-13-11-16(12-14-17)20(24)22-21-15(3)18-9-7-8-10-19(18)25-4/h7-14H,5-6H2,1-4H3,(H,22,24)/b21-15-. The summed E-state index contributed by atoms with van der Waals surface area (Å²) < 4.78 is 5.32. The zero-order valence-electron chi connectivity index (χ0n) is 15.2. The number of carbonyl (C=O) groups is 1. The molecule has 0 heterocycles. The molecule has 0 bridgehead atoms. The first-order valence-corrected chi connectivity index (χ1v) is 8.43. The van der Waals surface area contributed by atoms with Crippen LogP contribution in [-0.2, 0) is 0 Å². The third kappa shape index (κ3) is 4.59. The number of hydrogen-bond donors (Lipinski definition) is 1. The van der Waals surface area contributed by atoms with Gasteiger partial charge in [0.15, 0.2) is 0 Å². The highest BCUT2D eigenvalue weighted by Crippen LogP contribution is 2.18. The van der Waals surface area contributed by atoms with Crippen LogP contribution in [0.25, 0.3) is 0 Å². The van der Waals surface area contributed by atoms with E-state index < -0.39 is 0 Å². The molecule has 0 spiro atoms. The molecule has 0 fully saturated rings. The fraction of sp³-hybridized carbons (Fsp3) is 0.300. The van der Waals surface area contributed by atoms with E-state index in [1.54, 1.807) is 7.11 Å². The average Bonchev–Trinajstić information content (AvgIpc) is 2.67. The zero-order chi connectivity index (χ0) is 18.2. The molecule has 5 nitrogen and oxygen atoms in total. The SMILES string of the molecule is CCN(CC)c1ccc(C(=O)N/N=C(/C)c2ccccc2OC)cc1. The van der Waals surface area contributed by atoms with Crippen molar-refractivity contribution in [2.75, 3.05) is 25.1 Å². The summed E-state index contributed by atoms with van der Waals surface area (Å²) in [6.45, 7) is 7.93. The maximum atomic E-state index is 12.3. The van der Waals surface area contributed by atoms with Gasteiger partial charge in [-0.25, -0.2) is 5.43 Å². The molecule has 1 amide bonds. The van der Waals surface area contributed by atoms with Gasteiger partial charge < -0.3 is 9.64 Å². The van der Waals surface area contributed by atoms with Gasteiger partial charge in [0.1, 0.15) is 5.75 Å². The average molecular weight is 339 g/mol. The van der Waals surface area contributed by atoms with Crippen molar-refractivity contribution in [1.29, 1.82) is 0 Å². The summed E-state index contributed by atoms with van der Waals surface area (Å²) in [4.78, 5) is 14.5. The monoisotopic (exact) mass is 339 g/mol. The molecule has 0 radical (unpaired) electrons. The van der Waals surface area contributed by atoms with Crippen LogP contribution >= 0.6 is 0 Å². The number of anilines is 1. The van der Waals surface area contributed by atoms with Gasteiger partial charge in [-0.3, -0.25) is 4.79 Å². The Labute approximate surface area is 149 Å². The molecule has 0 aliphatic carbocycles. The van der Waals surface area contributed by atoms with Gasteiger partial charge in [0.2, 0.25) is 0 Å². The van der Waals surface area contributed by atoms with Gasteiger partial charge in [0.25, 0.3) is 5.91 Å². The molecule has 5 heteroatoms. The number of methoxy groups -OCH3 is 1. The van der Waals surface area contributed by atoms with Crippen molar-refractivity contribution >= 4 is 17.3 Å². The van der Waals surface area contributed by atoms with Gasteiger partial charge in [-0.1, -0.05) is 12.1 Å². The lowest BCUT2D eigenvalue weighted by atomic mass is 10.1. The number of amides is 1. The summed E-state index contributed by atoms with van der Waals surface area (Å²) in [7, 11) is 1.61. The number of para-hydroxylation sites is 1. The highest BCUT2D eigenvalue weighted by Gasteiger charge is 2.08. The van der Waals surface area contributed by atoms with Crippen molar-refractivity contribution in [2.45, 2.75) is 20.8 Å². The quantitative estimate of drug-likeness (QED) is 0.618. The molecule has 132 valence electrons. The Morgan fingerprint density at radius 3 is 2.32 bits per heavy atom. The van der Waals surface area contributed by atoms with Crippen LogP contribution in [0.3, 0.4) is 0 Å². The summed E-state index contributed by atoms with van der Waals surface area (Å²) in [6, 6.07) is 15.1. The van der Waals surface area contributed by atoms with Crippen molar-refractivity contribution in [3.05, 3.63) is 59.7 Å². The van der Waals surface area contributed by atoms with Gasteiger partial charge in [-0.05, 0) is 57.2 Å². The molecule has 0 saturated carbocycles. The van der Waals surface area contributed by atoms with Crippen LogP contribution < -0.4 is 15.1 Å². The van der Waals surface area contributed by atoms with Crippen LogP contribution in [0.4, 0.5) is 5.69 Å². The first-order chi connectivity index (χ1) is 12.1. The Hall–Kier alpha value is -2.82. The molecule has 2 aromatic rings. The molecule has 2 aromatic carbocycles. The van der Waals surface area contributed by atoms with E-state index in [1.807, 2.05) is 55.5 Å². The number of ether oxygens (including phenoxy) is 1. The number of benzene rings is 2. The molecule has 25 heavy (non-hydrogen) atoms. The van der Waals surface area contributed by atoms with E-state index in [1.165, 1.54) is 0 Å². The second-order valence-corrected chi connectivity index (χ2v) is 5.56. The van der Waals surface area contributed by atoms with E-state index in [9.17, 15) is 4.79 Å². The molecular formula is C20H25N3O2. The van der Waals surface area contributed by atoms with Crippen molar-refractivity contribution in [3.8, 4) is 5.75 Å². The maximum Gasteiger partial charge on any atom is 0.271 e. The molecule has 1 N–H and O–H groups in total. The fourth-order valence-electron chi connectivity index (χ4n) is 2.62. The van der Waals surface area contributed by atoms with Gasteiger partial charge in [-0.2, -0.15) is 5.10 Å². The highest BCUT2D eigenvalue weighted by atomic mass is 16.5. The molecule has 0 aliphatic rings. The van der Waals surface area contributed by atoms with Crippen molar-refractivity contribution in [2.24, 2.45) is 5.10 Å². The first kappa shape index (κ1) is 18.5. The molecule has 0 aromatic heterocycles. The summed E-state index contributed by atoms with van der Waals surface area (Å²) in [5, 5.41) is 4.20. The normalized spacial score (nSPS) is 11.1. The van der Waals surface area contributed by atoms with Crippen LogP contribution in [0.5, 0.6) is 5.75 Å². The van der Waals surface area contributed by atoms with E-state index in [4.69, 9.17) is 4.74 Å². The molecule has 0 aliphatic heterocycles. The Kier molecular flexibility index (Phi) is 6.57. The largest absolute Gasteiger partial charge is 0.496 e. The van der Waals surface area contributed by atoms with E-state index in [-0.39, 0.29) is 5.91 Å². The van der Waals surface area contributed by atoms with Crippen molar-refractivity contribution in [3.63, 3.8) is 0 Å². The van der Waals surface area contributed by atoms with Crippen molar-refractivity contribution < 1.29 is 9.53 Å². The summed E-state index contributed by atoms with van der Waals surface area (Å²) in [5.74, 6) is 0.488. The number of hydrazone groups is 1. The topological polar surface area (TPSA) is 53.9 Å². The fourth-order valence-corrected chi connectivity index (χ4v) is 2.62. The zero-order valence-corrected chi connectivity index (χ0v) is 15.2. The van der Waals surface area contributed by atoms with E-state index in [2.05, 4.69) is 29.3 Å². The molecule has 2 rings (SSSR count). The summed E-state index contributed by atoms with van der Waals surface area (Å²) in [6.07, 6.45) is 0. The number of nitrogens with one attached hydrogen (secondary N) is 1. The third-order valence-corrected chi connectivity index (χ3v) is 4.08. The minimum Gasteiger partial charge on any atom is -0.496 e. The number of nitrogens with zero attached hydrogens (tertiary/aromatic N) is 2. The molecular weight excluding hydrogens is 314 g/mol. The lowest BCUT2D eigenvalue weighted by Gasteiger charge is -2.20. The van der Waals surface area contributed by atoms with Gasteiger partial charge in [0.05, 0.1) is 12.8 Å². The third-order valence-electron chi connectivity index (χ3n) is 4.08. The smallest absolute Gasteiger partial charge is 0.271 e. The second-order valence-electron chi connectivity index (χ2n) is 5.56. The number of carbonyl (C=O) groups excluding carboxylic acids is 1. The number of rotatable bonds is 7. The summed E-state index contributed by atoms with van der Waals surface area (Å²) in [5.41, 5.74) is 5.82. The predicted molar refractivity (Wildman–Crippen MR) is 103 cm³/mol. The van der Waals surface area contributed by atoms with Crippen LogP contribution in [0.1, 0.15) is 36.7 Å². The lowest BCUT2D eigenvalue weighted by molar-refractivity contribution is 0.0955. The lowest BCUT2D eigenvalue weighted by Crippen LogP contribution is -2.22. The van der Waals surface area contributed by atoms with Crippen molar-refractivity contribution in [1.82, 2.24) is 5.43 Å². The van der Waals surface area contributed by atoms with Crippen LogP contribution in [0, 0.1) is 0 Å². The minimum absolute atomic E-state index is 0.236. The Morgan fingerprint density at radius 2 is 1.72 bits per heavy atom. The van der Waals surface area contributed by atoms with Crippen LogP contribution in [0.2, 0.25) is 0 Å². The van der Waals surface area contributed by atoms with E-state index >= 15 is 0 Å². The molecule has 0 atom stereocenters. The van der Waals surface area contributed by atoms with Gasteiger partial charge in [0, 0.05) is 29.9 Å². The van der Waals surface area contributed by atoms with E-state index in [0.29, 0.717) is 11.3 Å². The van der Waals surface area contributed by atoms with E-state index in [0.717, 1.165) is 30.1 Å². The Morgan fingerprint density at radius 1 is 1.08 bits per heavy atom. The second kappa shape index (κ2) is 8.87. The predicted octanol–water partition coefficient (Wildman–Crippen LogP) is 3.70. The molecule has 0 unspecified atom stereocenters. The maximum absolute atomic E-state index is 12.3. The summed E-state index contributed by atoms with van der Waals surface area (Å²) >= 11 is 0. The Bertz CT molecular complexity index is 735. The highest BCUT2D eigenvalue weighted by molar-refractivity contribution is 6.02. The number of hydrogen-bond acceptors (Lipinski definition) is 4. The van der Waals surface area contributed by atoms with Crippen LogP contribution in [0.15, 0.2) is 53.6 Å². The minimum atomic E-state index is -0.236. The van der Waals surface area contributed by atoms with Crippen LogP contribution in [-0.4, -0.2) is 31.8 Å². The van der Waals surface area contributed by atoms with Gasteiger partial charge in [-0.15, -0.1) is 0 Å². The van der Waals surface area contributed by atoms with Gasteiger partial charge >= 0.3 is 0 Å². The molecule has 0 saturated heterocycles. The Balaban J connectivity index is 2.09.